The zero-order chi connectivity index (χ0) is 8.86. The first kappa shape index (κ1) is 8.72. The summed E-state index contributed by atoms with van der Waals surface area (Å²) in [5.74, 6) is 0.389. The summed E-state index contributed by atoms with van der Waals surface area (Å²) >= 11 is 0. The summed E-state index contributed by atoms with van der Waals surface area (Å²) in [5, 5.41) is 0. The molecule has 1 saturated carbocycles. The fourth-order valence-electron chi connectivity index (χ4n) is 2.12. The zero-order valence-electron chi connectivity index (χ0n) is 7.77. The Hall–Kier alpha value is -0.370. The van der Waals surface area contributed by atoms with Crippen molar-refractivity contribution in [3.05, 3.63) is 0 Å². The Labute approximate surface area is 68.2 Å². The van der Waals surface area contributed by atoms with Crippen molar-refractivity contribution < 1.29 is 4.79 Å². The second-order valence-corrected chi connectivity index (χ2v) is 4.55. The van der Waals surface area contributed by atoms with E-state index in [-0.39, 0.29) is 29.1 Å². The van der Waals surface area contributed by atoms with Gasteiger partial charge in [0.2, 0.25) is 0 Å². The van der Waals surface area contributed by atoms with E-state index in [2.05, 4.69) is 27.7 Å². The zero-order valence-corrected chi connectivity index (χ0v) is 7.77. The molecule has 1 fully saturated rings. The lowest BCUT2D eigenvalue weighted by Crippen LogP contribution is -2.18. The summed E-state index contributed by atoms with van der Waals surface area (Å²) in [4.78, 5) is 11.3. The van der Waals surface area contributed by atoms with Crippen molar-refractivity contribution in [2.75, 3.05) is 6.54 Å². The van der Waals surface area contributed by atoms with Gasteiger partial charge in [0, 0.05) is 5.92 Å². The van der Waals surface area contributed by atoms with Crippen LogP contribution in [0.4, 0.5) is 0 Å². The normalized spacial score (nSPS) is 26.6. The molecule has 1 rings (SSSR count). The molecule has 0 atom stereocenters. The van der Waals surface area contributed by atoms with Crippen LogP contribution in [0, 0.1) is 16.7 Å². The molecule has 0 unspecified atom stereocenters. The molecule has 0 amide bonds. The average Bonchev–Trinajstić information content (AvgIpc) is 2.24. The fourth-order valence-corrected chi connectivity index (χ4v) is 2.12. The van der Waals surface area contributed by atoms with Gasteiger partial charge in [0.1, 0.15) is 0 Å². The maximum Gasteiger partial charge on any atom is 0.150 e. The van der Waals surface area contributed by atoms with E-state index in [1.165, 1.54) is 0 Å². The fraction of sp³-hybridized carbons (Fsp3) is 0.889. The lowest BCUT2D eigenvalue weighted by atomic mass is 10.0. The highest BCUT2D eigenvalue weighted by molar-refractivity contribution is 5.87. The van der Waals surface area contributed by atoms with E-state index in [0.717, 1.165) is 0 Å². The van der Waals surface area contributed by atoms with Gasteiger partial charge in [0.15, 0.2) is 5.78 Å². The number of carbonyl (C=O) groups is 1. The molecule has 11 heavy (non-hydrogen) atoms. The predicted octanol–water partition coefficient (Wildman–Crippen LogP) is 1.20. The monoisotopic (exact) mass is 155 g/mol. The summed E-state index contributed by atoms with van der Waals surface area (Å²) in [6.45, 7) is 8.71. The topological polar surface area (TPSA) is 43.1 Å². The summed E-state index contributed by atoms with van der Waals surface area (Å²) < 4.78 is 0. The molecule has 1 aliphatic rings. The van der Waals surface area contributed by atoms with E-state index in [4.69, 9.17) is 5.73 Å². The molecule has 0 saturated heterocycles. The molecule has 64 valence electrons. The Morgan fingerprint density at radius 2 is 1.64 bits per heavy atom. The molecular weight excluding hydrogens is 138 g/mol. The number of hydrogen-bond acceptors (Lipinski definition) is 2. The van der Waals surface area contributed by atoms with Crippen molar-refractivity contribution in [1.29, 1.82) is 0 Å². The van der Waals surface area contributed by atoms with Gasteiger partial charge in [-0.1, -0.05) is 27.7 Å². The predicted molar refractivity (Wildman–Crippen MR) is 45.1 cm³/mol. The van der Waals surface area contributed by atoms with Crippen LogP contribution in [-0.2, 0) is 4.79 Å². The minimum atomic E-state index is 0.156. The van der Waals surface area contributed by atoms with Crippen LogP contribution < -0.4 is 5.73 Å². The van der Waals surface area contributed by atoms with Crippen LogP contribution >= 0.6 is 0 Å². The summed E-state index contributed by atoms with van der Waals surface area (Å²) in [7, 11) is 0. The molecule has 0 radical (unpaired) electrons. The molecule has 0 aromatic rings. The van der Waals surface area contributed by atoms with Crippen molar-refractivity contribution in [1.82, 2.24) is 0 Å². The average molecular weight is 155 g/mol. The second-order valence-electron chi connectivity index (χ2n) is 4.55. The molecular formula is C9H17NO. The first-order chi connectivity index (χ1) is 4.85. The van der Waals surface area contributed by atoms with Crippen molar-refractivity contribution >= 4 is 5.78 Å². The summed E-state index contributed by atoms with van der Waals surface area (Å²) in [6.07, 6.45) is 0. The van der Waals surface area contributed by atoms with Gasteiger partial charge in [-0.05, 0) is 10.8 Å². The van der Waals surface area contributed by atoms with Crippen LogP contribution in [0.5, 0.6) is 0 Å². The third-order valence-corrected chi connectivity index (χ3v) is 3.54. The van der Waals surface area contributed by atoms with Gasteiger partial charge in [-0.15, -0.1) is 0 Å². The second kappa shape index (κ2) is 2.07. The van der Waals surface area contributed by atoms with Crippen LogP contribution in [0.1, 0.15) is 27.7 Å². The van der Waals surface area contributed by atoms with Gasteiger partial charge >= 0.3 is 0 Å². The highest BCUT2D eigenvalue weighted by Crippen LogP contribution is 2.68. The van der Waals surface area contributed by atoms with Crippen LogP contribution in [0.2, 0.25) is 0 Å². The Balaban J connectivity index is 2.75. The van der Waals surface area contributed by atoms with Gasteiger partial charge in [-0.3, -0.25) is 4.79 Å². The van der Waals surface area contributed by atoms with Crippen LogP contribution in [0.15, 0.2) is 0 Å². The molecule has 0 aromatic carbocycles. The standard InChI is InChI=1S/C9H17NO/c1-8(2)7(6(11)5-10)9(8,3)4/h7H,5,10H2,1-4H3. The quantitative estimate of drug-likeness (QED) is 0.651. The number of rotatable bonds is 2. The molecule has 2 heteroatoms. The van der Waals surface area contributed by atoms with Crippen molar-refractivity contribution in [2.45, 2.75) is 27.7 Å². The molecule has 0 heterocycles. The minimum Gasteiger partial charge on any atom is -0.324 e. The van der Waals surface area contributed by atoms with E-state index < -0.39 is 0 Å². The highest BCUT2D eigenvalue weighted by atomic mass is 16.1. The van der Waals surface area contributed by atoms with E-state index in [0.29, 0.717) is 0 Å². The SMILES string of the molecule is CC1(C)C(C(=O)CN)C1(C)C. The Bertz CT molecular complexity index is 180. The van der Waals surface area contributed by atoms with Crippen LogP contribution in [0.25, 0.3) is 0 Å². The van der Waals surface area contributed by atoms with Crippen LogP contribution in [0.3, 0.4) is 0 Å². The maximum absolute atomic E-state index is 11.3. The number of nitrogens with two attached hydrogens (primary N) is 1. The smallest absolute Gasteiger partial charge is 0.150 e. The van der Waals surface area contributed by atoms with Gasteiger partial charge in [-0.2, -0.15) is 0 Å². The number of Topliss-reactive ketones (excluding diaryl/α,β-unsaturated/α-hetero) is 1. The number of ketones is 1. The van der Waals surface area contributed by atoms with Gasteiger partial charge in [0.05, 0.1) is 6.54 Å². The van der Waals surface area contributed by atoms with Crippen molar-refractivity contribution in [3.63, 3.8) is 0 Å². The number of carbonyl (C=O) groups excluding carboxylic acids is 1. The highest BCUT2D eigenvalue weighted by Gasteiger charge is 2.67. The van der Waals surface area contributed by atoms with Crippen molar-refractivity contribution in [3.8, 4) is 0 Å². The van der Waals surface area contributed by atoms with Crippen LogP contribution in [-0.4, -0.2) is 12.3 Å². The van der Waals surface area contributed by atoms with E-state index in [9.17, 15) is 4.79 Å². The van der Waals surface area contributed by atoms with Crippen molar-refractivity contribution in [2.24, 2.45) is 22.5 Å². The first-order valence-electron chi connectivity index (χ1n) is 4.08. The third kappa shape index (κ3) is 0.924. The Kier molecular flexibility index (Phi) is 1.64. The molecule has 2 nitrogen and oxygen atoms in total. The van der Waals surface area contributed by atoms with Gasteiger partial charge in [0.25, 0.3) is 0 Å². The molecule has 1 aliphatic carbocycles. The van der Waals surface area contributed by atoms with E-state index in [1.54, 1.807) is 0 Å². The minimum absolute atomic E-state index is 0.156. The lowest BCUT2D eigenvalue weighted by Gasteiger charge is -2.03. The molecule has 0 aliphatic heterocycles. The summed E-state index contributed by atoms with van der Waals surface area (Å²) in [5.41, 5.74) is 5.62. The lowest BCUT2D eigenvalue weighted by molar-refractivity contribution is -0.120. The molecule has 0 spiro atoms. The van der Waals surface area contributed by atoms with E-state index >= 15 is 0 Å². The Morgan fingerprint density at radius 1 is 1.27 bits per heavy atom. The number of hydrogen-bond donors (Lipinski definition) is 1. The van der Waals surface area contributed by atoms with Gasteiger partial charge < -0.3 is 5.73 Å². The Morgan fingerprint density at radius 3 is 1.73 bits per heavy atom. The van der Waals surface area contributed by atoms with E-state index in [1.807, 2.05) is 0 Å². The molecule has 0 bridgehead atoms. The molecule has 2 N–H and O–H groups in total. The summed E-state index contributed by atoms with van der Waals surface area (Å²) in [6, 6.07) is 0. The largest absolute Gasteiger partial charge is 0.324 e. The third-order valence-electron chi connectivity index (χ3n) is 3.54. The van der Waals surface area contributed by atoms with Gasteiger partial charge in [-0.25, -0.2) is 0 Å². The maximum atomic E-state index is 11.3. The molecule has 0 aromatic heterocycles. The first-order valence-corrected chi connectivity index (χ1v) is 4.08.